The number of methoxy groups -OCH3 is 2. The summed E-state index contributed by atoms with van der Waals surface area (Å²) in [6.45, 7) is 1.98. The van der Waals surface area contributed by atoms with Gasteiger partial charge in [-0.3, -0.25) is 19.3 Å². The van der Waals surface area contributed by atoms with Crippen LogP contribution in [0.1, 0.15) is 13.3 Å². The number of anilines is 2. The van der Waals surface area contributed by atoms with Crippen LogP contribution in [0.15, 0.2) is 48.5 Å². The molecule has 2 aromatic rings. The molecule has 1 heterocycles. The standard InChI is InChI=1S/C23H26N4O5S/c1-15(28)24-11-12-26-20(14-21(29)25-16-7-9-18(31-2)10-8-16)22(30)27(23(26)33)17-5-4-6-19(13-17)32-3/h4-10,13,20H,11-12,14H2,1-3H3,(H,24,28)(H,25,29)/t20-/m0/s1. The van der Waals surface area contributed by atoms with E-state index in [2.05, 4.69) is 10.6 Å². The lowest BCUT2D eigenvalue weighted by atomic mass is 10.1. The number of nitrogens with one attached hydrogen (secondary N) is 2. The van der Waals surface area contributed by atoms with Gasteiger partial charge in [0.25, 0.3) is 5.91 Å². The van der Waals surface area contributed by atoms with Crippen molar-refractivity contribution in [2.24, 2.45) is 0 Å². The Morgan fingerprint density at radius 3 is 2.39 bits per heavy atom. The average molecular weight is 471 g/mol. The molecule has 1 aliphatic heterocycles. The van der Waals surface area contributed by atoms with Gasteiger partial charge < -0.3 is 25.0 Å². The highest BCUT2D eigenvalue weighted by molar-refractivity contribution is 7.80. The molecule has 3 rings (SSSR count). The maximum Gasteiger partial charge on any atom is 0.256 e. The third-order valence-electron chi connectivity index (χ3n) is 5.11. The molecule has 33 heavy (non-hydrogen) atoms. The van der Waals surface area contributed by atoms with Crippen LogP contribution in [0.4, 0.5) is 11.4 Å². The zero-order valence-electron chi connectivity index (χ0n) is 18.7. The van der Waals surface area contributed by atoms with Gasteiger partial charge in [0.1, 0.15) is 17.5 Å². The van der Waals surface area contributed by atoms with Crippen LogP contribution in [0.2, 0.25) is 0 Å². The number of rotatable bonds is 9. The molecule has 1 fully saturated rings. The monoisotopic (exact) mass is 470 g/mol. The number of thiocarbonyl (C=S) groups is 1. The number of hydrogen-bond donors (Lipinski definition) is 2. The zero-order chi connectivity index (χ0) is 24.0. The lowest BCUT2D eigenvalue weighted by molar-refractivity contribution is -0.124. The average Bonchev–Trinajstić information content (AvgIpc) is 3.03. The molecule has 10 heteroatoms. The van der Waals surface area contributed by atoms with Gasteiger partial charge in [-0.15, -0.1) is 0 Å². The minimum atomic E-state index is -0.810. The van der Waals surface area contributed by atoms with Crippen LogP contribution in [0.5, 0.6) is 11.5 Å². The van der Waals surface area contributed by atoms with Crippen LogP contribution in [0.3, 0.4) is 0 Å². The highest BCUT2D eigenvalue weighted by atomic mass is 32.1. The SMILES string of the molecule is COc1ccc(NC(=O)C[C@H]2C(=O)N(c3cccc(OC)c3)C(=S)N2CCNC(C)=O)cc1. The van der Waals surface area contributed by atoms with Crippen LogP contribution in [0.25, 0.3) is 0 Å². The molecule has 0 radical (unpaired) electrons. The highest BCUT2D eigenvalue weighted by Crippen LogP contribution is 2.29. The van der Waals surface area contributed by atoms with Crippen molar-refractivity contribution in [2.75, 3.05) is 37.5 Å². The van der Waals surface area contributed by atoms with Crippen LogP contribution in [-0.2, 0) is 14.4 Å². The van der Waals surface area contributed by atoms with Crippen molar-refractivity contribution in [3.8, 4) is 11.5 Å². The first kappa shape index (κ1) is 24.0. The van der Waals surface area contributed by atoms with Crippen LogP contribution in [-0.4, -0.2) is 61.1 Å². The molecule has 0 saturated carbocycles. The van der Waals surface area contributed by atoms with E-state index in [1.165, 1.54) is 18.9 Å². The minimum absolute atomic E-state index is 0.106. The first-order chi connectivity index (χ1) is 15.8. The predicted octanol–water partition coefficient (Wildman–Crippen LogP) is 2.17. The van der Waals surface area contributed by atoms with Gasteiger partial charge >= 0.3 is 0 Å². The van der Waals surface area contributed by atoms with Gasteiger partial charge in [-0.2, -0.15) is 0 Å². The Kier molecular flexibility index (Phi) is 7.83. The molecule has 2 aromatic carbocycles. The van der Waals surface area contributed by atoms with Gasteiger partial charge in [-0.05, 0) is 48.6 Å². The molecule has 0 aliphatic carbocycles. The van der Waals surface area contributed by atoms with Gasteiger partial charge in [0.05, 0.1) is 26.3 Å². The molecule has 2 N–H and O–H groups in total. The Labute approximate surface area is 197 Å². The second-order valence-corrected chi connectivity index (χ2v) is 7.70. The van der Waals surface area contributed by atoms with E-state index in [0.717, 1.165) is 0 Å². The van der Waals surface area contributed by atoms with E-state index in [-0.39, 0.29) is 42.3 Å². The molecule has 174 valence electrons. The minimum Gasteiger partial charge on any atom is -0.497 e. The predicted molar refractivity (Wildman–Crippen MR) is 128 cm³/mol. The largest absolute Gasteiger partial charge is 0.497 e. The summed E-state index contributed by atoms with van der Waals surface area (Å²) in [6, 6.07) is 13.1. The van der Waals surface area contributed by atoms with Crippen LogP contribution >= 0.6 is 12.2 Å². The van der Waals surface area contributed by atoms with E-state index in [4.69, 9.17) is 21.7 Å². The summed E-state index contributed by atoms with van der Waals surface area (Å²) >= 11 is 5.60. The molecular weight excluding hydrogens is 444 g/mol. The van der Waals surface area contributed by atoms with E-state index in [9.17, 15) is 14.4 Å². The van der Waals surface area contributed by atoms with Crippen LogP contribution < -0.4 is 25.0 Å². The quantitative estimate of drug-likeness (QED) is 0.542. The number of carbonyl (C=O) groups is 3. The van der Waals surface area contributed by atoms with Crippen molar-refractivity contribution in [1.29, 1.82) is 0 Å². The Bertz CT molecular complexity index is 1040. The van der Waals surface area contributed by atoms with E-state index in [0.29, 0.717) is 22.9 Å². The summed E-state index contributed by atoms with van der Waals surface area (Å²) in [5, 5.41) is 5.77. The van der Waals surface area contributed by atoms with E-state index in [1.807, 2.05) is 0 Å². The Morgan fingerprint density at radius 2 is 1.76 bits per heavy atom. The summed E-state index contributed by atoms with van der Waals surface area (Å²) < 4.78 is 10.4. The van der Waals surface area contributed by atoms with E-state index >= 15 is 0 Å². The fourth-order valence-electron chi connectivity index (χ4n) is 3.49. The fraction of sp³-hybridized carbons (Fsp3) is 0.304. The Balaban J connectivity index is 1.80. The lowest BCUT2D eigenvalue weighted by Gasteiger charge is -2.24. The van der Waals surface area contributed by atoms with Crippen molar-refractivity contribution >= 4 is 46.4 Å². The number of benzene rings is 2. The lowest BCUT2D eigenvalue weighted by Crippen LogP contribution is -2.42. The van der Waals surface area contributed by atoms with Gasteiger partial charge in [0, 0.05) is 31.8 Å². The molecule has 0 spiro atoms. The Hall–Kier alpha value is -3.66. The molecular formula is C23H26N4O5S. The fourth-order valence-corrected chi connectivity index (χ4v) is 3.90. The zero-order valence-corrected chi connectivity index (χ0v) is 19.5. The molecule has 0 bridgehead atoms. The van der Waals surface area contributed by atoms with Crippen molar-refractivity contribution in [3.05, 3.63) is 48.5 Å². The van der Waals surface area contributed by atoms with E-state index < -0.39 is 6.04 Å². The number of nitrogens with zero attached hydrogens (tertiary/aromatic N) is 2. The molecule has 9 nitrogen and oxygen atoms in total. The second-order valence-electron chi connectivity index (χ2n) is 7.33. The second kappa shape index (κ2) is 10.8. The van der Waals surface area contributed by atoms with Gasteiger partial charge in [-0.25, -0.2) is 0 Å². The Morgan fingerprint density at radius 1 is 1.06 bits per heavy atom. The summed E-state index contributed by atoms with van der Waals surface area (Å²) in [7, 11) is 3.10. The molecule has 0 aromatic heterocycles. The third kappa shape index (κ3) is 5.78. The molecule has 1 aliphatic rings. The summed E-state index contributed by atoms with van der Waals surface area (Å²) in [4.78, 5) is 40.5. The first-order valence-electron chi connectivity index (χ1n) is 10.3. The smallest absolute Gasteiger partial charge is 0.256 e. The van der Waals surface area contributed by atoms with Gasteiger partial charge in [-0.1, -0.05) is 6.07 Å². The summed E-state index contributed by atoms with van der Waals surface area (Å²) in [6.07, 6.45) is -0.106. The number of hydrogen-bond acceptors (Lipinski definition) is 6. The van der Waals surface area contributed by atoms with Gasteiger partial charge in [0.2, 0.25) is 11.8 Å². The highest BCUT2D eigenvalue weighted by Gasteiger charge is 2.44. The number of ether oxygens (including phenoxy) is 2. The molecule has 3 amide bonds. The van der Waals surface area contributed by atoms with Crippen molar-refractivity contribution in [3.63, 3.8) is 0 Å². The first-order valence-corrected chi connectivity index (χ1v) is 10.7. The normalized spacial score (nSPS) is 15.4. The van der Waals surface area contributed by atoms with Crippen molar-refractivity contribution in [1.82, 2.24) is 10.2 Å². The molecule has 1 atom stereocenters. The summed E-state index contributed by atoms with van der Waals surface area (Å²) in [5.74, 6) is 0.403. The van der Waals surface area contributed by atoms with Gasteiger partial charge in [0.15, 0.2) is 5.11 Å². The topological polar surface area (TPSA) is 100 Å². The molecule has 1 saturated heterocycles. The summed E-state index contributed by atoms with van der Waals surface area (Å²) in [5.41, 5.74) is 1.13. The number of carbonyl (C=O) groups excluding carboxylic acids is 3. The van der Waals surface area contributed by atoms with E-state index in [1.54, 1.807) is 60.5 Å². The maximum absolute atomic E-state index is 13.4. The van der Waals surface area contributed by atoms with Crippen molar-refractivity contribution < 1.29 is 23.9 Å². The number of amides is 3. The molecule has 0 unspecified atom stereocenters. The third-order valence-corrected chi connectivity index (χ3v) is 5.53. The van der Waals surface area contributed by atoms with Crippen molar-refractivity contribution in [2.45, 2.75) is 19.4 Å². The maximum atomic E-state index is 13.4. The van der Waals surface area contributed by atoms with Crippen LogP contribution in [0, 0.1) is 0 Å².